The van der Waals surface area contributed by atoms with Gasteiger partial charge in [0.2, 0.25) is 5.89 Å². The Morgan fingerprint density at radius 3 is 2.88 bits per heavy atom. The molecule has 0 unspecified atom stereocenters. The average molecular weight is 348 g/mol. The smallest absolute Gasteiger partial charge is 0.226 e. The van der Waals surface area contributed by atoms with Crippen LogP contribution in [0.15, 0.2) is 23.0 Å². The zero-order chi connectivity index (χ0) is 17.6. The summed E-state index contributed by atoms with van der Waals surface area (Å²) in [5.74, 6) is 2.09. The van der Waals surface area contributed by atoms with Gasteiger partial charge < -0.3 is 9.42 Å². The topological polar surface area (TPSA) is 71.2 Å². The molecule has 0 amide bonds. The Bertz CT molecular complexity index is 652. The van der Waals surface area contributed by atoms with Gasteiger partial charge in [-0.15, -0.1) is 0 Å². The summed E-state index contributed by atoms with van der Waals surface area (Å²) >= 11 is 0. The molecular weight excluding hydrogens is 323 g/mol. The summed E-state index contributed by atoms with van der Waals surface area (Å²) in [4.78, 5) is 17.1. The summed E-state index contributed by atoms with van der Waals surface area (Å²) in [5, 5.41) is 3.80. The van der Waals surface area contributed by atoms with Crippen molar-refractivity contribution in [3.05, 3.63) is 36.0 Å². The van der Waals surface area contributed by atoms with Gasteiger partial charge in [0.15, 0.2) is 5.82 Å². The molecule has 2 aromatic rings. The van der Waals surface area contributed by atoms with Crippen LogP contribution in [0.2, 0.25) is 0 Å². The van der Waals surface area contributed by atoms with Gasteiger partial charge in [0.25, 0.3) is 0 Å². The summed E-state index contributed by atoms with van der Waals surface area (Å²) in [6, 6.07) is 1.98. The van der Waals surface area contributed by atoms with Crippen molar-refractivity contribution < 1.29 is 8.91 Å². The molecule has 0 spiro atoms. The minimum atomic E-state index is -0.775. The van der Waals surface area contributed by atoms with Gasteiger partial charge in [-0.05, 0) is 39.4 Å². The molecule has 7 nitrogen and oxygen atoms in total. The normalized spacial score (nSPS) is 21.3. The lowest BCUT2D eigenvalue weighted by Gasteiger charge is -2.27. The third kappa shape index (κ3) is 5.27. The molecule has 0 N–H and O–H groups in total. The van der Waals surface area contributed by atoms with Crippen molar-refractivity contribution in [3.8, 4) is 0 Å². The quantitative estimate of drug-likeness (QED) is 0.718. The Balaban J connectivity index is 1.46. The minimum absolute atomic E-state index is 0.189. The van der Waals surface area contributed by atoms with Crippen LogP contribution >= 0.6 is 0 Å². The van der Waals surface area contributed by atoms with E-state index in [1.807, 2.05) is 6.92 Å². The van der Waals surface area contributed by atoms with Crippen LogP contribution in [0, 0.1) is 6.92 Å². The van der Waals surface area contributed by atoms with Crippen molar-refractivity contribution >= 4 is 0 Å². The fourth-order valence-electron chi connectivity index (χ4n) is 3.29. The number of hydrogen-bond donors (Lipinski definition) is 0. The zero-order valence-corrected chi connectivity index (χ0v) is 14.8. The van der Waals surface area contributed by atoms with Gasteiger partial charge in [0, 0.05) is 37.9 Å². The van der Waals surface area contributed by atoms with Crippen LogP contribution in [0.3, 0.4) is 0 Å². The summed E-state index contributed by atoms with van der Waals surface area (Å²) < 4.78 is 19.0. The van der Waals surface area contributed by atoms with Crippen molar-refractivity contribution in [1.82, 2.24) is 29.9 Å². The number of likely N-dealkylation sites (N-methyl/N-ethyl adjacent to an activating group) is 1. The van der Waals surface area contributed by atoms with Gasteiger partial charge in [-0.3, -0.25) is 4.90 Å². The fourth-order valence-corrected chi connectivity index (χ4v) is 3.29. The van der Waals surface area contributed by atoms with Crippen LogP contribution in [0.25, 0.3) is 0 Å². The molecule has 0 bridgehead atoms. The fraction of sp³-hybridized carbons (Fsp3) is 0.647. The van der Waals surface area contributed by atoms with E-state index in [2.05, 4.69) is 37.0 Å². The lowest BCUT2D eigenvalue weighted by atomic mass is 10.2. The molecule has 3 heterocycles. The second kappa shape index (κ2) is 8.44. The van der Waals surface area contributed by atoms with Crippen LogP contribution in [-0.2, 0) is 13.0 Å². The van der Waals surface area contributed by atoms with Gasteiger partial charge in [-0.1, -0.05) is 5.16 Å². The first kappa shape index (κ1) is 17.9. The first-order valence-electron chi connectivity index (χ1n) is 8.72. The number of nitrogens with zero attached hydrogens (tertiary/aromatic N) is 6. The van der Waals surface area contributed by atoms with E-state index in [1.54, 1.807) is 18.5 Å². The molecule has 2 aromatic heterocycles. The highest BCUT2D eigenvalue weighted by Gasteiger charge is 2.33. The van der Waals surface area contributed by atoms with Crippen molar-refractivity contribution in [2.75, 3.05) is 26.7 Å². The highest BCUT2D eigenvalue weighted by molar-refractivity contribution is 4.94. The standard InChI is InChI=1S/C17H25FN6O/c1-13-21-17(25-22-13)5-3-8-23(2)11-15-9-14(18)10-24(15)12-16-19-6-4-7-20-16/h4,6-7,14-15H,3,5,8-12H2,1-2H3/t14-,15-/m0/s1. The SMILES string of the molecule is Cc1noc(CCCN(C)C[C@@H]2C[C@H](F)CN2Cc2ncccn2)n1. The van der Waals surface area contributed by atoms with Crippen LogP contribution in [-0.4, -0.2) is 68.8 Å². The lowest BCUT2D eigenvalue weighted by Crippen LogP contribution is -2.39. The molecule has 25 heavy (non-hydrogen) atoms. The molecule has 8 heteroatoms. The molecule has 1 aliphatic rings. The molecule has 0 saturated carbocycles. The van der Waals surface area contributed by atoms with E-state index in [4.69, 9.17) is 4.52 Å². The van der Waals surface area contributed by atoms with E-state index in [0.29, 0.717) is 31.2 Å². The van der Waals surface area contributed by atoms with E-state index in [9.17, 15) is 4.39 Å². The summed E-state index contributed by atoms with van der Waals surface area (Å²) in [7, 11) is 2.07. The Morgan fingerprint density at radius 1 is 1.36 bits per heavy atom. The largest absolute Gasteiger partial charge is 0.339 e. The van der Waals surface area contributed by atoms with Crippen molar-refractivity contribution in [2.45, 2.75) is 44.9 Å². The Labute approximate surface area is 147 Å². The van der Waals surface area contributed by atoms with Crippen molar-refractivity contribution in [3.63, 3.8) is 0 Å². The summed E-state index contributed by atoms with van der Waals surface area (Å²) in [6.07, 6.45) is 4.95. The number of aromatic nitrogens is 4. The van der Waals surface area contributed by atoms with Gasteiger partial charge in [0.1, 0.15) is 12.0 Å². The average Bonchev–Trinajstić information content (AvgIpc) is 3.14. The van der Waals surface area contributed by atoms with Crippen molar-refractivity contribution in [2.24, 2.45) is 0 Å². The van der Waals surface area contributed by atoms with Gasteiger partial charge in [-0.25, -0.2) is 14.4 Å². The van der Waals surface area contributed by atoms with Gasteiger partial charge in [0.05, 0.1) is 6.54 Å². The summed E-state index contributed by atoms with van der Waals surface area (Å²) in [6.45, 7) is 4.61. The maximum absolute atomic E-state index is 13.9. The zero-order valence-electron chi connectivity index (χ0n) is 14.8. The number of likely N-dealkylation sites (tertiary alicyclic amines) is 1. The van der Waals surface area contributed by atoms with E-state index in [-0.39, 0.29) is 6.04 Å². The molecule has 3 rings (SSSR count). The molecule has 0 aromatic carbocycles. The molecule has 1 aliphatic heterocycles. The third-order valence-electron chi connectivity index (χ3n) is 4.46. The first-order chi connectivity index (χ1) is 12.1. The lowest BCUT2D eigenvalue weighted by molar-refractivity contribution is 0.179. The number of rotatable bonds is 8. The van der Waals surface area contributed by atoms with E-state index < -0.39 is 6.17 Å². The van der Waals surface area contributed by atoms with Crippen LogP contribution < -0.4 is 0 Å². The predicted octanol–water partition coefficient (Wildman–Crippen LogP) is 1.65. The second-order valence-electron chi connectivity index (χ2n) is 6.68. The summed E-state index contributed by atoms with van der Waals surface area (Å²) in [5.41, 5.74) is 0. The third-order valence-corrected chi connectivity index (χ3v) is 4.46. The second-order valence-corrected chi connectivity index (χ2v) is 6.68. The molecule has 136 valence electrons. The van der Waals surface area contributed by atoms with Crippen LogP contribution in [0.1, 0.15) is 30.4 Å². The molecule has 2 atom stereocenters. The molecule has 0 aliphatic carbocycles. The number of hydrogen-bond acceptors (Lipinski definition) is 7. The number of alkyl halides is 1. The van der Waals surface area contributed by atoms with Crippen molar-refractivity contribution in [1.29, 1.82) is 0 Å². The van der Waals surface area contributed by atoms with E-state index in [1.165, 1.54) is 0 Å². The predicted molar refractivity (Wildman–Crippen MR) is 90.6 cm³/mol. The number of aryl methyl sites for hydroxylation is 2. The highest BCUT2D eigenvalue weighted by atomic mass is 19.1. The molecule has 1 fully saturated rings. The highest BCUT2D eigenvalue weighted by Crippen LogP contribution is 2.22. The minimum Gasteiger partial charge on any atom is -0.339 e. The number of halogens is 1. The Hall–Kier alpha value is -1.93. The van der Waals surface area contributed by atoms with Gasteiger partial charge in [-0.2, -0.15) is 4.98 Å². The monoisotopic (exact) mass is 348 g/mol. The van der Waals surface area contributed by atoms with Crippen LogP contribution in [0.5, 0.6) is 0 Å². The maximum Gasteiger partial charge on any atom is 0.226 e. The molecule has 1 saturated heterocycles. The van der Waals surface area contributed by atoms with Gasteiger partial charge >= 0.3 is 0 Å². The first-order valence-corrected chi connectivity index (χ1v) is 8.72. The van der Waals surface area contributed by atoms with E-state index in [0.717, 1.165) is 31.8 Å². The maximum atomic E-state index is 13.9. The van der Waals surface area contributed by atoms with E-state index >= 15 is 0 Å². The molecule has 0 radical (unpaired) electrons. The Kier molecular flexibility index (Phi) is 6.04. The Morgan fingerprint density at radius 2 is 2.16 bits per heavy atom. The van der Waals surface area contributed by atoms with Crippen LogP contribution in [0.4, 0.5) is 4.39 Å². The molecular formula is C17H25FN6O.